The molecule has 0 N–H and O–H groups in total. The zero-order valence-electron chi connectivity index (χ0n) is 18.7. The number of ether oxygens (including phenoxy) is 1. The first-order valence-electron chi connectivity index (χ1n) is 11.2. The predicted octanol–water partition coefficient (Wildman–Crippen LogP) is 3.60. The van der Waals surface area contributed by atoms with Gasteiger partial charge in [-0.15, -0.1) is 0 Å². The Morgan fingerprint density at radius 1 is 1.28 bits per heavy atom. The van der Waals surface area contributed by atoms with E-state index in [1.165, 1.54) is 0 Å². The zero-order chi connectivity index (χ0) is 21.2. The van der Waals surface area contributed by atoms with Crippen LogP contribution in [0, 0.1) is 5.92 Å². The van der Waals surface area contributed by atoms with Gasteiger partial charge in [0.1, 0.15) is 0 Å². The van der Waals surface area contributed by atoms with Crippen LogP contribution in [0.25, 0.3) is 0 Å². The minimum Gasteiger partial charge on any atom is -0.385 e. The number of hydrogen-bond donors (Lipinski definition) is 0. The van der Waals surface area contributed by atoms with Crippen molar-refractivity contribution in [1.82, 2.24) is 14.4 Å². The minimum atomic E-state index is 0.00698. The fourth-order valence-electron chi connectivity index (χ4n) is 3.77. The molecular weight excluding hydrogens is 366 g/mol. The van der Waals surface area contributed by atoms with Crippen molar-refractivity contribution in [3.05, 3.63) is 24.0 Å². The first kappa shape index (κ1) is 23.5. The lowest BCUT2D eigenvalue weighted by Gasteiger charge is -2.30. The van der Waals surface area contributed by atoms with Gasteiger partial charge in [-0.3, -0.25) is 9.59 Å². The summed E-state index contributed by atoms with van der Waals surface area (Å²) in [6.07, 6.45) is 8.72. The van der Waals surface area contributed by atoms with Gasteiger partial charge < -0.3 is 19.1 Å². The molecule has 164 valence electrons. The summed E-state index contributed by atoms with van der Waals surface area (Å²) >= 11 is 0. The molecule has 1 aromatic heterocycles. The standard InChI is InChI=1S/C23H39N3O3/c1-5-7-10-19(6-2)23(28)25(15-9-16-29-4)18-22(27)26(20-12-13-20)17-21-11-8-14-24(21)3/h8,11,14,19-20H,5-7,9-10,12-13,15-18H2,1-4H3. The topological polar surface area (TPSA) is 54.8 Å². The molecule has 29 heavy (non-hydrogen) atoms. The van der Waals surface area contributed by atoms with Crippen molar-refractivity contribution < 1.29 is 14.3 Å². The van der Waals surface area contributed by atoms with Crippen molar-refractivity contribution in [2.45, 2.75) is 71.4 Å². The van der Waals surface area contributed by atoms with Gasteiger partial charge in [0.05, 0.1) is 13.1 Å². The Kier molecular flexibility index (Phi) is 9.71. The number of methoxy groups -OCH3 is 1. The van der Waals surface area contributed by atoms with Gasteiger partial charge in [-0.05, 0) is 44.2 Å². The third-order valence-electron chi connectivity index (χ3n) is 5.85. The van der Waals surface area contributed by atoms with Crippen molar-refractivity contribution in [2.75, 3.05) is 26.8 Å². The van der Waals surface area contributed by atoms with Gasteiger partial charge in [0, 0.05) is 51.2 Å². The van der Waals surface area contributed by atoms with Crippen molar-refractivity contribution >= 4 is 11.8 Å². The largest absolute Gasteiger partial charge is 0.385 e. The van der Waals surface area contributed by atoms with Crippen LogP contribution in [-0.4, -0.2) is 59.0 Å². The molecule has 0 aliphatic heterocycles. The molecule has 1 aliphatic rings. The van der Waals surface area contributed by atoms with E-state index in [0.717, 1.165) is 50.6 Å². The molecule has 6 heteroatoms. The Balaban J connectivity index is 2.07. The molecule has 1 heterocycles. The van der Waals surface area contributed by atoms with E-state index in [9.17, 15) is 9.59 Å². The van der Waals surface area contributed by atoms with Gasteiger partial charge >= 0.3 is 0 Å². The Labute approximate surface area is 176 Å². The lowest BCUT2D eigenvalue weighted by atomic mass is 9.97. The SMILES string of the molecule is CCCCC(CC)C(=O)N(CCCOC)CC(=O)N(Cc1cccn1C)C1CC1. The van der Waals surface area contributed by atoms with E-state index in [4.69, 9.17) is 4.74 Å². The molecule has 2 amide bonds. The van der Waals surface area contributed by atoms with Crippen LogP contribution in [0.3, 0.4) is 0 Å². The van der Waals surface area contributed by atoms with E-state index in [-0.39, 0.29) is 24.3 Å². The molecule has 1 aromatic rings. The van der Waals surface area contributed by atoms with Crippen LogP contribution in [0.5, 0.6) is 0 Å². The molecular formula is C23H39N3O3. The Hall–Kier alpha value is -1.82. The van der Waals surface area contributed by atoms with Crippen LogP contribution in [0.1, 0.15) is 64.5 Å². The van der Waals surface area contributed by atoms with Gasteiger partial charge in [-0.1, -0.05) is 26.7 Å². The molecule has 1 saturated carbocycles. The third-order valence-corrected chi connectivity index (χ3v) is 5.85. The first-order valence-corrected chi connectivity index (χ1v) is 11.2. The number of aryl methyl sites for hydroxylation is 1. The summed E-state index contributed by atoms with van der Waals surface area (Å²) in [7, 11) is 3.67. The summed E-state index contributed by atoms with van der Waals surface area (Å²) in [6, 6.07) is 4.38. The highest BCUT2D eigenvalue weighted by atomic mass is 16.5. The number of carbonyl (C=O) groups excluding carboxylic acids is 2. The van der Waals surface area contributed by atoms with Crippen molar-refractivity contribution in [2.24, 2.45) is 13.0 Å². The second-order valence-electron chi connectivity index (χ2n) is 8.22. The number of nitrogens with zero attached hydrogens (tertiary/aromatic N) is 3. The van der Waals surface area contributed by atoms with Gasteiger partial charge in [0.15, 0.2) is 0 Å². The zero-order valence-corrected chi connectivity index (χ0v) is 18.7. The fraction of sp³-hybridized carbons (Fsp3) is 0.739. The highest BCUT2D eigenvalue weighted by Crippen LogP contribution is 2.29. The quantitative estimate of drug-likeness (QED) is 0.445. The van der Waals surface area contributed by atoms with Crippen molar-refractivity contribution in [3.8, 4) is 0 Å². The lowest BCUT2D eigenvalue weighted by Crippen LogP contribution is -2.46. The maximum absolute atomic E-state index is 13.2. The Morgan fingerprint density at radius 3 is 2.59 bits per heavy atom. The Bertz CT molecular complexity index is 639. The molecule has 1 atom stereocenters. The summed E-state index contributed by atoms with van der Waals surface area (Å²) in [4.78, 5) is 30.2. The number of carbonyl (C=O) groups is 2. The third kappa shape index (κ3) is 7.18. The van der Waals surface area contributed by atoms with E-state index in [1.807, 2.05) is 24.2 Å². The van der Waals surface area contributed by atoms with E-state index >= 15 is 0 Å². The van der Waals surface area contributed by atoms with Gasteiger partial charge in [0.2, 0.25) is 11.8 Å². The second-order valence-corrected chi connectivity index (χ2v) is 8.22. The summed E-state index contributed by atoms with van der Waals surface area (Å²) in [5.74, 6) is 0.192. The molecule has 0 aromatic carbocycles. The van der Waals surface area contributed by atoms with Crippen molar-refractivity contribution in [1.29, 1.82) is 0 Å². The molecule has 2 rings (SSSR count). The molecule has 1 unspecified atom stereocenters. The smallest absolute Gasteiger partial charge is 0.242 e. The van der Waals surface area contributed by atoms with Gasteiger partial charge in [-0.2, -0.15) is 0 Å². The van der Waals surface area contributed by atoms with Crippen molar-refractivity contribution in [3.63, 3.8) is 0 Å². The molecule has 0 radical (unpaired) electrons. The van der Waals surface area contributed by atoms with Crippen LogP contribution in [0.4, 0.5) is 0 Å². The van der Waals surface area contributed by atoms with Crippen LogP contribution in [0.15, 0.2) is 18.3 Å². The average Bonchev–Trinajstić information content (AvgIpc) is 3.47. The lowest BCUT2D eigenvalue weighted by molar-refractivity contribution is -0.144. The highest BCUT2D eigenvalue weighted by Gasteiger charge is 2.34. The fourth-order valence-corrected chi connectivity index (χ4v) is 3.77. The number of aromatic nitrogens is 1. The highest BCUT2D eigenvalue weighted by molar-refractivity contribution is 5.86. The molecule has 1 fully saturated rings. The monoisotopic (exact) mass is 405 g/mol. The van der Waals surface area contributed by atoms with Crippen LogP contribution >= 0.6 is 0 Å². The number of unbranched alkanes of at least 4 members (excludes halogenated alkanes) is 1. The summed E-state index contributed by atoms with van der Waals surface area (Å²) in [5.41, 5.74) is 1.12. The molecule has 1 aliphatic carbocycles. The maximum Gasteiger partial charge on any atom is 0.242 e. The minimum absolute atomic E-state index is 0.00698. The van der Waals surface area contributed by atoms with Crippen LogP contribution in [0.2, 0.25) is 0 Å². The summed E-state index contributed by atoms with van der Waals surface area (Å²) in [5, 5.41) is 0. The second kappa shape index (κ2) is 12.0. The number of hydrogen-bond acceptors (Lipinski definition) is 3. The molecule has 0 bridgehead atoms. The van der Waals surface area contributed by atoms with E-state index in [0.29, 0.717) is 25.7 Å². The summed E-state index contributed by atoms with van der Waals surface area (Å²) in [6.45, 7) is 6.17. The number of amides is 2. The first-order chi connectivity index (χ1) is 14.0. The Morgan fingerprint density at radius 2 is 2.03 bits per heavy atom. The predicted molar refractivity (Wildman–Crippen MR) is 115 cm³/mol. The van der Waals surface area contributed by atoms with Gasteiger partial charge in [-0.25, -0.2) is 0 Å². The molecule has 6 nitrogen and oxygen atoms in total. The average molecular weight is 406 g/mol. The van der Waals surface area contributed by atoms with E-state index in [1.54, 1.807) is 12.0 Å². The van der Waals surface area contributed by atoms with Crippen LogP contribution in [-0.2, 0) is 27.9 Å². The molecule has 0 spiro atoms. The summed E-state index contributed by atoms with van der Waals surface area (Å²) < 4.78 is 7.23. The van der Waals surface area contributed by atoms with Gasteiger partial charge in [0.25, 0.3) is 0 Å². The maximum atomic E-state index is 13.2. The number of rotatable bonds is 14. The van der Waals surface area contributed by atoms with Crippen LogP contribution < -0.4 is 0 Å². The van der Waals surface area contributed by atoms with E-state index in [2.05, 4.69) is 24.5 Å². The normalized spacial score (nSPS) is 14.6. The van der Waals surface area contributed by atoms with E-state index < -0.39 is 0 Å². The molecule has 0 saturated heterocycles.